The van der Waals surface area contributed by atoms with Crippen molar-refractivity contribution < 1.29 is 0 Å². The summed E-state index contributed by atoms with van der Waals surface area (Å²) < 4.78 is 0. The van der Waals surface area contributed by atoms with Gasteiger partial charge in [0.1, 0.15) is 0 Å². The first kappa shape index (κ1) is 20.7. The lowest BCUT2D eigenvalue weighted by Crippen LogP contribution is -2.25. The van der Waals surface area contributed by atoms with Crippen LogP contribution in [0.3, 0.4) is 0 Å². The second kappa shape index (κ2) is 9.91. The van der Waals surface area contributed by atoms with Gasteiger partial charge in [0.05, 0.1) is 35.3 Å². The molecule has 122 valence electrons. The van der Waals surface area contributed by atoms with E-state index >= 15 is 0 Å². The summed E-state index contributed by atoms with van der Waals surface area (Å²) in [6.07, 6.45) is 4.05. The standard InChI is InChI=1S/C18H22B2Br2P2/c19-23(13-11-21,17-7-3-1-4-8-17)15-16-24(20,14-12-22)18-9-5-2-6-10-18/h1-10H,11-16H2/q+2. The number of rotatable bonds is 9. The second-order valence-electron chi connectivity index (χ2n) is 6.01. The van der Waals surface area contributed by atoms with Crippen LogP contribution in [0.4, 0.5) is 0 Å². The van der Waals surface area contributed by atoms with Crippen LogP contribution < -0.4 is 10.6 Å². The summed E-state index contributed by atoms with van der Waals surface area (Å²) in [6, 6.07) is 21.2. The Balaban J connectivity index is 2.22. The van der Waals surface area contributed by atoms with Crippen LogP contribution in [0.15, 0.2) is 60.7 Å². The van der Waals surface area contributed by atoms with Crippen molar-refractivity contribution in [2.75, 3.05) is 35.3 Å². The molecule has 2 rings (SSSR count). The van der Waals surface area contributed by atoms with E-state index in [0.717, 1.165) is 35.3 Å². The lowest BCUT2D eigenvalue weighted by molar-refractivity contribution is 1.40. The molecule has 2 aromatic carbocycles. The third kappa shape index (κ3) is 5.44. The third-order valence-electron chi connectivity index (χ3n) is 4.41. The van der Waals surface area contributed by atoms with E-state index in [1.54, 1.807) is 0 Å². The van der Waals surface area contributed by atoms with Crippen LogP contribution in [0.25, 0.3) is 0 Å². The molecule has 24 heavy (non-hydrogen) atoms. The van der Waals surface area contributed by atoms with E-state index < -0.39 is 14.3 Å². The van der Waals surface area contributed by atoms with Gasteiger partial charge in [0.15, 0.2) is 0 Å². The predicted octanol–water partition coefficient (Wildman–Crippen LogP) is 4.63. The highest BCUT2D eigenvalue weighted by molar-refractivity contribution is 9.09. The van der Waals surface area contributed by atoms with Crippen molar-refractivity contribution in [1.82, 2.24) is 0 Å². The van der Waals surface area contributed by atoms with E-state index in [1.165, 1.54) is 10.6 Å². The van der Waals surface area contributed by atoms with E-state index in [0.29, 0.717) is 0 Å². The summed E-state index contributed by atoms with van der Waals surface area (Å²) in [7, 11) is 10.5. The molecule has 6 heteroatoms. The molecule has 2 atom stereocenters. The summed E-state index contributed by atoms with van der Waals surface area (Å²) in [5, 5.41) is 4.49. The Hall–Kier alpha value is 0.390. The highest BCUT2D eigenvalue weighted by atomic mass is 79.9. The van der Waals surface area contributed by atoms with Gasteiger partial charge in [-0.25, -0.2) is 0 Å². The Morgan fingerprint density at radius 2 is 0.917 bits per heavy atom. The topological polar surface area (TPSA) is 0 Å². The van der Waals surface area contributed by atoms with Gasteiger partial charge in [-0.05, 0) is 38.5 Å². The smallest absolute Gasteiger partial charge is 0.0889 e. The number of benzene rings is 2. The van der Waals surface area contributed by atoms with Crippen molar-refractivity contribution >= 4 is 71.9 Å². The molecular formula is C18H22B2Br2P2+2. The number of hydrogen-bond acceptors (Lipinski definition) is 0. The number of hydrogen-bond donors (Lipinski definition) is 0. The molecule has 0 nitrogen and oxygen atoms in total. The third-order valence-corrected chi connectivity index (χ3v) is 13.5. The minimum Gasteiger partial charge on any atom is -0.0889 e. The SMILES string of the molecule is [B][P+](CCBr)(CC[P+]([B])(CCBr)c1ccccc1)c1ccccc1. The summed E-state index contributed by atoms with van der Waals surface area (Å²) in [5.74, 6) is 0. The molecule has 0 aliphatic carbocycles. The molecule has 0 aromatic heterocycles. The fourth-order valence-electron chi connectivity index (χ4n) is 2.85. The number of alkyl halides is 2. The minimum absolute atomic E-state index is 0.936. The normalized spacial score (nSPS) is 16.2. The van der Waals surface area contributed by atoms with Crippen molar-refractivity contribution in [2.45, 2.75) is 0 Å². The van der Waals surface area contributed by atoms with Crippen LogP contribution in [-0.2, 0) is 0 Å². The van der Waals surface area contributed by atoms with Gasteiger partial charge in [0.2, 0.25) is 0 Å². The maximum absolute atomic E-state index is 6.94. The monoisotopic (exact) mass is 480 g/mol. The molecule has 0 spiro atoms. The Labute approximate surface area is 167 Å². The van der Waals surface area contributed by atoms with Crippen molar-refractivity contribution in [3.8, 4) is 0 Å². The van der Waals surface area contributed by atoms with Crippen LogP contribution in [0.1, 0.15) is 0 Å². The average Bonchev–Trinajstić information content (AvgIpc) is 2.62. The first-order valence-corrected chi connectivity index (χ1v) is 14.8. The van der Waals surface area contributed by atoms with Crippen LogP contribution in [0.5, 0.6) is 0 Å². The molecule has 2 aromatic rings. The van der Waals surface area contributed by atoms with E-state index in [9.17, 15) is 0 Å². The largest absolute Gasteiger partial charge is 0.371 e. The van der Waals surface area contributed by atoms with Crippen LogP contribution in [0.2, 0.25) is 0 Å². The van der Waals surface area contributed by atoms with Crippen molar-refractivity contribution in [1.29, 1.82) is 0 Å². The fraction of sp³-hybridized carbons (Fsp3) is 0.333. The lowest BCUT2D eigenvalue weighted by Gasteiger charge is -2.28. The molecule has 2 unspecified atom stereocenters. The quantitative estimate of drug-likeness (QED) is 0.278. The highest BCUT2D eigenvalue weighted by Gasteiger charge is 2.41. The van der Waals surface area contributed by atoms with E-state index in [4.69, 9.17) is 15.1 Å². The number of halogens is 2. The molecule has 0 bridgehead atoms. The van der Waals surface area contributed by atoms with Gasteiger partial charge >= 0.3 is 15.1 Å². The van der Waals surface area contributed by atoms with E-state index in [1.807, 2.05) is 0 Å². The lowest BCUT2D eigenvalue weighted by atomic mass is 10.4. The molecule has 0 aliphatic rings. The molecule has 0 fully saturated rings. The molecule has 0 aliphatic heterocycles. The summed E-state index contributed by atoms with van der Waals surface area (Å²) in [5.41, 5.74) is 0. The minimum atomic E-state index is -1.68. The van der Waals surface area contributed by atoms with Crippen LogP contribution >= 0.6 is 46.1 Å². The zero-order valence-electron chi connectivity index (χ0n) is 13.8. The van der Waals surface area contributed by atoms with Gasteiger partial charge in [0, 0.05) is 10.7 Å². The van der Waals surface area contributed by atoms with Crippen LogP contribution in [-0.4, -0.2) is 50.4 Å². The van der Waals surface area contributed by atoms with Crippen molar-refractivity contribution in [3.05, 3.63) is 60.7 Å². The molecule has 4 radical (unpaired) electrons. The van der Waals surface area contributed by atoms with Gasteiger partial charge in [-0.1, -0.05) is 68.3 Å². The molecule has 0 saturated carbocycles. The average molecular weight is 482 g/mol. The summed E-state index contributed by atoms with van der Waals surface area (Å²) in [4.78, 5) is 0. The van der Waals surface area contributed by atoms with Gasteiger partial charge in [-0.15, -0.1) is 0 Å². The predicted molar refractivity (Wildman–Crippen MR) is 125 cm³/mol. The second-order valence-corrected chi connectivity index (χ2v) is 14.6. The van der Waals surface area contributed by atoms with Gasteiger partial charge in [-0.3, -0.25) is 0 Å². The first-order chi connectivity index (χ1) is 11.5. The van der Waals surface area contributed by atoms with Gasteiger partial charge in [-0.2, -0.15) is 0 Å². The fourth-order valence-corrected chi connectivity index (χ4v) is 13.1. The molecule has 0 amide bonds. The van der Waals surface area contributed by atoms with E-state index in [-0.39, 0.29) is 0 Å². The summed E-state index contributed by atoms with van der Waals surface area (Å²) in [6.45, 7) is 0. The van der Waals surface area contributed by atoms with E-state index in [2.05, 4.69) is 92.5 Å². The Bertz CT molecular complexity index is 559. The van der Waals surface area contributed by atoms with Crippen molar-refractivity contribution in [3.63, 3.8) is 0 Å². The van der Waals surface area contributed by atoms with Gasteiger partial charge < -0.3 is 0 Å². The van der Waals surface area contributed by atoms with Crippen molar-refractivity contribution in [2.24, 2.45) is 0 Å². The Morgan fingerprint density at radius 1 is 0.583 bits per heavy atom. The zero-order valence-corrected chi connectivity index (χ0v) is 18.8. The van der Waals surface area contributed by atoms with Crippen LogP contribution in [0, 0.1) is 0 Å². The highest BCUT2D eigenvalue weighted by Crippen LogP contribution is 2.60. The first-order valence-electron chi connectivity index (χ1n) is 8.08. The maximum atomic E-state index is 6.94. The Morgan fingerprint density at radius 3 is 1.21 bits per heavy atom. The Kier molecular flexibility index (Phi) is 8.55. The molecular weight excluding hydrogens is 460 g/mol. The molecule has 0 saturated heterocycles. The molecule has 0 heterocycles. The maximum Gasteiger partial charge on any atom is 0.371 e. The zero-order chi connectivity index (χ0) is 17.5. The summed E-state index contributed by atoms with van der Waals surface area (Å²) >= 11 is 7.19. The molecule has 0 N–H and O–H groups in total. The van der Waals surface area contributed by atoms with Gasteiger partial charge in [0.25, 0.3) is 0 Å².